The first-order valence-electron chi connectivity index (χ1n) is 10.1. The third-order valence-electron chi connectivity index (χ3n) is 5.03. The Morgan fingerprint density at radius 2 is 1.86 bits per heavy atom. The van der Waals surface area contributed by atoms with E-state index in [0.717, 1.165) is 37.0 Å². The summed E-state index contributed by atoms with van der Waals surface area (Å²) in [6.45, 7) is 8.25. The Hall–Kier alpha value is -1.88. The number of hydrogen-bond acceptors (Lipinski definition) is 5. The molecule has 1 aliphatic rings. The fourth-order valence-electron chi connectivity index (χ4n) is 3.40. The van der Waals surface area contributed by atoms with Crippen LogP contribution in [0.3, 0.4) is 0 Å². The van der Waals surface area contributed by atoms with Gasteiger partial charge in [-0.1, -0.05) is 18.8 Å². The van der Waals surface area contributed by atoms with Crippen molar-refractivity contribution in [1.29, 1.82) is 0 Å². The normalized spacial score (nSPS) is 19.6. The highest BCUT2D eigenvalue weighted by molar-refractivity contribution is 7.15. The van der Waals surface area contributed by atoms with Crippen LogP contribution in [0.15, 0.2) is 6.07 Å². The lowest BCUT2D eigenvalue weighted by Crippen LogP contribution is -2.49. The Balaban J connectivity index is 2.46. The smallest absolute Gasteiger partial charge is 0.348 e. The molecule has 2 N–H and O–H groups in total. The van der Waals surface area contributed by atoms with Gasteiger partial charge in [-0.3, -0.25) is 4.79 Å². The molecule has 7 heteroatoms. The molecule has 6 nitrogen and oxygen atoms in total. The molecule has 0 aromatic carbocycles. The third-order valence-corrected chi connectivity index (χ3v) is 6.06. The van der Waals surface area contributed by atoms with E-state index in [-0.39, 0.29) is 35.3 Å². The molecule has 0 aliphatic heterocycles. The molecule has 2 rings (SSSR count). The van der Waals surface area contributed by atoms with Gasteiger partial charge in [0.05, 0.1) is 17.2 Å². The maximum Gasteiger partial charge on any atom is 0.348 e. The van der Waals surface area contributed by atoms with Crippen LogP contribution in [0.5, 0.6) is 0 Å². The van der Waals surface area contributed by atoms with Crippen molar-refractivity contribution < 1.29 is 19.8 Å². The van der Waals surface area contributed by atoms with Crippen molar-refractivity contribution in [2.75, 3.05) is 25.2 Å². The maximum atomic E-state index is 13.4. The molecule has 1 aromatic rings. The van der Waals surface area contributed by atoms with Crippen molar-refractivity contribution >= 4 is 28.9 Å². The summed E-state index contributed by atoms with van der Waals surface area (Å²) in [5.41, 5.74) is 0.121. The number of hydrazine groups is 1. The molecule has 0 radical (unpaired) electrons. The van der Waals surface area contributed by atoms with Crippen molar-refractivity contribution in [2.45, 2.75) is 53.4 Å². The average molecular weight is 421 g/mol. The number of anilines is 1. The molecule has 1 heterocycles. The van der Waals surface area contributed by atoms with Crippen molar-refractivity contribution in [2.24, 2.45) is 17.3 Å². The summed E-state index contributed by atoms with van der Waals surface area (Å²) in [6.07, 6.45) is 3.58. The average Bonchev–Trinajstić information content (AvgIpc) is 3.04. The van der Waals surface area contributed by atoms with E-state index in [2.05, 4.69) is 18.8 Å². The van der Waals surface area contributed by atoms with Gasteiger partial charge in [-0.15, -0.1) is 11.3 Å². The molecule has 1 aliphatic carbocycles. The Morgan fingerprint density at radius 1 is 1.24 bits per heavy atom. The number of carboxylic acid groups (broad SMARTS) is 1. The van der Waals surface area contributed by atoms with Gasteiger partial charge in [0.15, 0.2) is 0 Å². The van der Waals surface area contributed by atoms with Crippen molar-refractivity contribution in [3.8, 4) is 11.8 Å². The number of rotatable bonds is 6. The van der Waals surface area contributed by atoms with Crippen LogP contribution in [0.1, 0.15) is 67.9 Å². The van der Waals surface area contributed by atoms with E-state index < -0.39 is 5.97 Å². The number of aliphatic hydroxyl groups is 1. The van der Waals surface area contributed by atoms with E-state index in [4.69, 9.17) is 0 Å². The zero-order valence-electron chi connectivity index (χ0n) is 18.0. The number of carbonyl (C=O) groups excluding carboxylic acids is 1. The Morgan fingerprint density at radius 3 is 2.38 bits per heavy atom. The fourth-order valence-corrected chi connectivity index (χ4v) is 4.23. The highest BCUT2D eigenvalue weighted by atomic mass is 32.1. The number of likely N-dealkylation sites (N-methyl/N-ethyl adjacent to an activating group) is 1. The molecular weight excluding hydrogens is 388 g/mol. The van der Waals surface area contributed by atoms with Gasteiger partial charge in [-0.25, -0.2) is 14.8 Å². The van der Waals surface area contributed by atoms with Crippen molar-refractivity contribution in [1.82, 2.24) is 5.01 Å². The van der Waals surface area contributed by atoms with E-state index in [1.54, 1.807) is 18.1 Å². The highest BCUT2D eigenvalue weighted by Crippen LogP contribution is 2.35. The largest absolute Gasteiger partial charge is 0.477 e. The Labute approximate surface area is 177 Å². The van der Waals surface area contributed by atoms with Gasteiger partial charge in [0.2, 0.25) is 5.91 Å². The number of carboxylic acids is 1. The minimum atomic E-state index is -1.08. The van der Waals surface area contributed by atoms with Crippen molar-refractivity contribution in [3.05, 3.63) is 15.8 Å². The summed E-state index contributed by atoms with van der Waals surface area (Å²) in [6, 6.07) is 1.68. The lowest BCUT2D eigenvalue weighted by Gasteiger charge is -2.36. The first-order chi connectivity index (χ1) is 13.5. The van der Waals surface area contributed by atoms with Crippen molar-refractivity contribution in [3.63, 3.8) is 0 Å². The first kappa shape index (κ1) is 23.4. The summed E-state index contributed by atoms with van der Waals surface area (Å²) in [5.74, 6) is 5.45. The standard InChI is InChI=1S/C22H32N2O4S/c1-15-6-8-16(9-7-15)20(26)24(23(5)12-13-25)18-14-17(10-11-22(2,3)4)29-19(18)21(27)28/h14-16,25H,6-9,12-13H2,1-5H3,(H,27,28). The maximum absolute atomic E-state index is 13.4. The highest BCUT2D eigenvalue weighted by Gasteiger charge is 2.34. The Bertz CT molecular complexity index is 792. The third kappa shape index (κ3) is 6.30. The predicted molar refractivity (Wildman–Crippen MR) is 116 cm³/mol. The van der Waals surface area contributed by atoms with Crippen LogP contribution >= 0.6 is 11.3 Å². The van der Waals surface area contributed by atoms with Gasteiger partial charge in [0.1, 0.15) is 4.88 Å². The zero-order valence-corrected chi connectivity index (χ0v) is 18.8. The summed E-state index contributed by atoms with van der Waals surface area (Å²) >= 11 is 1.08. The van der Waals surface area contributed by atoms with Crippen LogP contribution < -0.4 is 5.01 Å². The van der Waals surface area contributed by atoms with Crippen LogP contribution in [-0.4, -0.2) is 47.3 Å². The fraction of sp³-hybridized carbons (Fsp3) is 0.636. The summed E-state index contributed by atoms with van der Waals surface area (Å²) in [4.78, 5) is 26.0. The summed E-state index contributed by atoms with van der Waals surface area (Å²) in [5, 5.41) is 22.2. The second-order valence-electron chi connectivity index (χ2n) is 8.84. The SMILES string of the molecule is CC1CCC(C(=O)N(c2cc(C#CC(C)(C)C)sc2C(=O)O)N(C)CCO)CC1. The molecule has 0 unspecified atom stereocenters. The van der Waals surface area contributed by atoms with E-state index in [9.17, 15) is 19.8 Å². The molecule has 1 fully saturated rings. The molecule has 1 aromatic heterocycles. The molecule has 0 saturated heterocycles. The lowest BCUT2D eigenvalue weighted by molar-refractivity contribution is -0.126. The van der Waals surface area contributed by atoms with Crippen LogP contribution in [0.2, 0.25) is 0 Å². The minimum Gasteiger partial charge on any atom is -0.477 e. The first-order valence-corrected chi connectivity index (χ1v) is 10.9. The molecule has 29 heavy (non-hydrogen) atoms. The number of nitrogens with zero attached hydrogens (tertiary/aromatic N) is 2. The monoisotopic (exact) mass is 420 g/mol. The minimum absolute atomic E-state index is 0.0885. The number of hydrogen-bond donors (Lipinski definition) is 2. The van der Waals surface area contributed by atoms with Gasteiger partial charge in [-0.05, 0) is 58.4 Å². The second kappa shape index (κ2) is 9.75. The molecule has 160 valence electrons. The van der Waals surface area contributed by atoms with Gasteiger partial charge in [0.25, 0.3) is 0 Å². The molecule has 0 spiro atoms. The molecule has 1 saturated carbocycles. The number of amides is 1. The molecular formula is C22H32N2O4S. The van der Waals surface area contributed by atoms with Gasteiger partial charge in [-0.2, -0.15) is 0 Å². The van der Waals surface area contributed by atoms with Crippen LogP contribution in [-0.2, 0) is 4.79 Å². The van der Waals surface area contributed by atoms with Crippen LogP contribution in [0, 0.1) is 29.1 Å². The van der Waals surface area contributed by atoms with Gasteiger partial charge < -0.3 is 10.2 Å². The van der Waals surface area contributed by atoms with Gasteiger partial charge >= 0.3 is 5.97 Å². The predicted octanol–water partition coefficient (Wildman–Crippen LogP) is 3.84. The topological polar surface area (TPSA) is 81.1 Å². The quantitative estimate of drug-likeness (QED) is 0.540. The van der Waals surface area contributed by atoms with E-state index in [0.29, 0.717) is 16.5 Å². The van der Waals surface area contributed by atoms with E-state index in [1.807, 2.05) is 20.8 Å². The van der Waals surface area contributed by atoms with Gasteiger partial charge in [0, 0.05) is 24.9 Å². The number of carbonyl (C=O) groups is 2. The number of aliphatic hydroxyl groups excluding tert-OH is 1. The second-order valence-corrected chi connectivity index (χ2v) is 9.89. The lowest BCUT2D eigenvalue weighted by atomic mass is 9.82. The summed E-state index contributed by atoms with van der Waals surface area (Å²) < 4.78 is 0. The number of aromatic carboxylic acids is 1. The van der Waals surface area contributed by atoms with E-state index in [1.165, 1.54) is 5.01 Å². The van der Waals surface area contributed by atoms with Crippen LogP contribution in [0.4, 0.5) is 5.69 Å². The Kier molecular flexibility index (Phi) is 7.87. The molecule has 1 amide bonds. The number of thiophene rings is 1. The van der Waals surface area contributed by atoms with E-state index >= 15 is 0 Å². The zero-order chi connectivity index (χ0) is 21.8. The molecule has 0 atom stereocenters. The molecule has 0 bridgehead atoms. The summed E-state index contributed by atoms with van der Waals surface area (Å²) in [7, 11) is 1.70. The van der Waals surface area contributed by atoms with Crippen LogP contribution in [0.25, 0.3) is 0 Å².